The van der Waals surface area contributed by atoms with Crippen molar-refractivity contribution in [1.82, 2.24) is 5.43 Å². The monoisotopic (exact) mass is 505 g/mol. The number of nitrogens with one attached hydrogen (secondary N) is 1. The Morgan fingerprint density at radius 2 is 2.07 bits per heavy atom. The van der Waals surface area contributed by atoms with Gasteiger partial charge in [0.1, 0.15) is 5.75 Å². The number of benzene rings is 2. The Labute approximate surface area is 186 Å². The zero-order valence-corrected chi connectivity index (χ0v) is 20.0. The second-order valence-corrected chi connectivity index (χ2v) is 9.45. The molecular weight excluding hydrogens is 477 g/mol. The molecule has 2 aromatic rings. The Kier molecular flexibility index (Phi) is 6.22. The van der Waals surface area contributed by atoms with E-state index >= 15 is 0 Å². The Morgan fingerprint density at radius 3 is 2.76 bits per heavy atom. The molecule has 0 saturated carbocycles. The molecule has 29 heavy (non-hydrogen) atoms. The summed E-state index contributed by atoms with van der Waals surface area (Å²) in [6.45, 7) is 8.92. The number of methoxy groups -OCH3 is 1. The minimum absolute atomic E-state index is 0.136. The molecule has 1 aliphatic rings. The number of carbonyl (C=O) groups is 1. The van der Waals surface area contributed by atoms with E-state index in [2.05, 4.69) is 84.9 Å². The third-order valence-electron chi connectivity index (χ3n) is 5.80. The lowest BCUT2D eigenvalue weighted by molar-refractivity contribution is 0.0954. The molecule has 0 unspecified atom stereocenters. The lowest BCUT2D eigenvalue weighted by Gasteiger charge is -2.45. The summed E-state index contributed by atoms with van der Waals surface area (Å²) in [5.74, 6) is 0.882. The fourth-order valence-electron chi connectivity index (χ4n) is 3.90. The van der Waals surface area contributed by atoms with Gasteiger partial charge >= 0.3 is 0 Å². The second kappa shape index (κ2) is 8.34. The molecule has 5 nitrogen and oxygen atoms in total. The second-order valence-electron chi connectivity index (χ2n) is 8.29. The zero-order valence-electron chi connectivity index (χ0n) is 17.8. The van der Waals surface area contributed by atoms with Gasteiger partial charge in [0.05, 0.1) is 16.9 Å². The molecule has 0 bridgehead atoms. The Hall–Kier alpha value is -2.09. The molecule has 0 aromatic heterocycles. The van der Waals surface area contributed by atoms with E-state index in [1.165, 1.54) is 11.3 Å². The summed E-state index contributed by atoms with van der Waals surface area (Å²) in [5.41, 5.74) is 8.02. The smallest absolute Gasteiger partial charge is 0.271 e. The largest absolute Gasteiger partial charge is 0.496 e. The molecule has 6 heteroatoms. The number of aryl methyl sites for hydroxylation is 1. The van der Waals surface area contributed by atoms with E-state index < -0.39 is 0 Å². The van der Waals surface area contributed by atoms with Crippen molar-refractivity contribution in [3.63, 3.8) is 0 Å². The van der Waals surface area contributed by atoms with E-state index in [9.17, 15) is 4.79 Å². The zero-order chi connectivity index (χ0) is 21.3. The highest BCUT2D eigenvalue weighted by Gasteiger charge is 2.34. The van der Waals surface area contributed by atoms with E-state index in [0.717, 1.165) is 21.1 Å². The van der Waals surface area contributed by atoms with Crippen LogP contribution in [0.4, 0.5) is 5.69 Å². The quantitative estimate of drug-likeness (QED) is 0.358. The summed E-state index contributed by atoms with van der Waals surface area (Å²) in [7, 11) is 3.75. The third kappa shape index (κ3) is 4.42. The molecule has 0 radical (unpaired) electrons. The topological polar surface area (TPSA) is 53.9 Å². The number of hydrogen-bond donors (Lipinski definition) is 1. The van der Waals surface area contributed by atoms with Crippen LogP contribution in [-0.2, 0) is 0 Å². The number of carbonyl (C=O) groups excluding carboxylic acids is 1. The molecular formula is C23H28IN3O2. The Morgan fingerprint density at radius 1 is 1.34 bits per heavy atom. The number of halogens is 1. The normalized spacial score (nSPS) is 17.9. The van der Waals surface area contributed by atoms with Gasteiger partial charge in [-0.2, -0.15) is 5.10 Å². The summed E-state index contributed by atoms with van der Waals surface area (Å²) < 4.78 is 6.24. The number of nitrogens with zero attached hydrogens (tertiary/aromatic N) is 2. The number of amides is 1. The van der Waals surface area contributed by atoms with Gasteiger partial charge in [-0.1, -0.05) is 6.92 Å². The van der Waals surface area contributed by atoms with E-state index in [-0.39, 0.29) is 11.4 Å². The number of fused-ring (bicyclic) bond motifs is 1. The summed E-state index contributed by atoms with van der Waals surface area (Å²) in [6, 6.07) is 9.75. The van der Waals surface area contributed by atoms with Gasteiger partial charge in [0, 0.05) is 23.8 Å². The number of rotatable bonds is 4. The van der Waals surface area contributed by atoms with Crippen molar-refractivity contribution in [2.75, 3.05) is 19.1 Å². The molecule has 0 aliphatic carbocycles. The Balaban J connectivity index is 1.80. The van der Waals surface area contributed by atoms with Crippen LogP contribution in [0.15, 0.2) is 35.4 Å². The van der Waals surface area contributed by atoms with Crippen molar-refractivity contribution in [3.05, 3.63) is 56.2 Å². The third-order valence-corrected chi connectivity index (χ3v) is 6.70. The molecule has 1 heterocycles. The van der Waals surface area contributed by atoms with Gasteiger partial charge in [-0.05, 0) is 103 Å². The molecule has 0 fully saturated rings. The van der Waals surface area contributed by atoms with Crippen LogP contribution in [0.1, 0.15) is 60.2 Å². The lowest BCUT2D eigenvalue weighted by Crippen LogP contribution is -2.45. The molecule has 1 N–H and O–H groups in total. The van der Waals surface area contributed by atoms with Crippen LogP contribution in [0.3, 0.4) is 0 Å². The molecule has 154 valence electrons. The van der Waals surface area contributed by atoms with E-state index in [1.54, 1.807) is 25.5 Å². The average Bonchev–Trinajstić information content (AvgIpc) is 2.67. The summed E-state index contributed by atoms with van der Waals surface area (Å²) in [5, 5.41) is 4.20. The van der Waals surface area contributed by atoms with Gasteiger partial charge < -0.3 is 9.64 Å². The standard InChI is InChI=1S/C23H28IN3O2/c1-14-9-20-18(15(2)12-23(3,4)27(20)5)10-17(14)13-25-26-22(28)16-7-8-19(24)21(11-16)29-6/h7-11,13,15H,12H2,1-6H3,(H,26,28)/b25-13+/t15-/m0/s1. The minimum Gasteiger partial charge on any atom is -0.496 e. The SMILES string of the molecule is COc1cc(C(=O)N/N=C/c2cc3c(cc2C)N(C)C(C)(C)C[C@@H]3C)ccc1I. The van der Waals surface area contributed by atoms with Gasteiger partial charge in [-0.15, -0.1) is 0 Å². The van der Waals surface area contributed by atoms with E-state index in [1.807, 2.05) is 6.07 Å². The van der Waals surface area contributed by atoms with Crippen molar-refractivity contribution < 1.29 is 9.53 Å². The fraction of sp³-hybridized carbons (Fsp3) is 0.391. The first-order valence-corrected chi connectivity index (χ1v) is 10.8. The van der Waals surface area contributed by atoms with Gasteiger partial charge in [0.25, 0.3) is 5.91 Å². The molecule has 1 amide bonds. The highest BCUT2D eigenvalue weighted by atomic mass is 127. The number of hydrogen-bond acceptors (Lipinski definition) is 4. The van der Waals surface area contributed by atoms with Crippen molar-refractivity contribution in [2.45, 2.75) is 45.6 Å². The summed E-state index contributed by atoms with van der Waals surface area (Å²) in [4.78, 5) is 14.8. The highest BCUT2D eigenvalue weighted by Crippen LogP contribution is 2.43. The highest BCUT2D eigenvalue weighted by molar-refractivity contribution is 14.1. The Bertz CT molecular complexity index is 969. The van der Waals surface area contributed by atoms with Crippen molar-refractivity contribution in [1.29, 1.82) is 0 Å². The van der Waals surface area contributed by atoms with Crippen molar-refractivity contribution in [2.24, 2.45) is 5.10 Å². The summed E-state index contributed by atoms with van der Waals surface area (Å²) in [6.07, 6.45) is 2.82. The first-order chi connectivity index (χ1) is 13.6. The fourth-order valence-corrected chi connectivity index (χ4v) is 4.46. The maximum atomic E-state index is 12.4. The van der Waals surface area contributed by atoms with Gasteiger partial charge in [0.2, 0.25) is 0 Å². The number of ether oxygens (including phenoxy) is 1. The predicted molar refractivity (Wildman–Crippen MR) is 127 cm³/mol. The summed E-state index contributed by atoms with van der Waals surface area (Å²) >= 11 is 2.17. The van der Waals surface area contributed by atoms with Crippen LogP contribution in [0.2, 0.25) is 0 Å². The maximum Gasteiger partial charge on any atom is 0.271 e. The molecule has 1 atom stereocenters. The first kappa shape index (κ1) is 21.6. The first-order valence-electron chi connectivity index (χ1n) is 9.69. The number of hydrazone groups is 1. The molecule has 2 aromatic carbocycles. The van der Waals surface area contributed by atoms with Crippen LogP contribution in [0.5, 0.6) is 5.75 Å². The molecule has 0 spiro atoms. The van der Waals surface area contributed by atoms with Gasteiger partial charge in [-0.25, -0.2) is 5.43 Å². The maximum absolute atomic E-state index is 12.4. The molecule has 0 saturated heterocycles. The van der Waals surface area contributed by atoms with Gasteiger partial charge in [-0.3, -0.25) is 4.79 Å². The van der Waals surface area contributed by atoms with E-state index in [0.29, 0.717) is 17.2 Å². The lowest BCUT2D eigenvalue weighted by atomic mass is 9.79. The van der Waals surface area contributed by atoms with Crippen LogP contribution in [-0.4, -0.2) is 31.8 Å². The van der Waals surface area contributed by atoms with Crippen LogP contribution >= 0.6 is 22.6 Å². The van der Waals surface area contributed by atoms with Crippen molar-refractivity contribution in [3.8, 4) is 5.75 Å². The van der Waals surface area contributed by atoms with Crippen LogP contribution in [0, 0.1) is 10.5 Å². The number of anilines is 1. The van der Waals surface area contributed by atoms with Crippen LogP contribution < -0.4 is 15.1 Å². The minimum atomic E-state index is -0.263. The van der Waals surface area contributed by atoms with Gasteiger partial charge in [0.15, 0.2) is 0 Å². The molecule has 3 rings (SSSR count). The predicted octanol–water partition coefficient (Wildman–Crippen LogP) is 5.09. The van der Waals surface area contributed by atoms with Crippen LogP contribution in [0.25, 0.3) is 0 Å². The van der Waals surface area contributed by atoms with Crippen molar-refractivity contribution >= 4 is 40.4 Å². The molecule has 1 aliphatic heterocycles. The van der Waals surface area contributed by atoms with E-state index in [4.69, 9.17) is 4.74 Å². The average molecular weight is 505 g/mol.